The fourth-order valence-corrected chi connectivity index (χ4v) is 27.6. The van der Waals surface area contributed by atoms with Gasteiger partial charge in [0.1, 0.15) is 5.75 Å². The molecule has 83 heavy (non-hydrogen) atoms. The molecule has 0 saturated heterocycles. The van der Waals surface area contributed by atoms with E-state index in [2.05, 4.69) is 233 Å². The molecule has 4 nitrogen and oxygen atoms in total. The summed E-state index contributed by atoms with van der Waals surface area (Å²) in [4.78, 5) is 7.77. The third kappa shape index (κ3) is 20.0. The molecule has 448 valence electrons. The SMILES string of the molecule is CCCCCCCCSC1=C(SCCCCCCCC)SC(=C2Sc3cn(-c4ccc(N(c5ccc(OC)cc5)c5ccc(-n6cc7c(c6)SC(=C6SC(SCCCCCCCC)=C(SCCCCCCCC)S6)S7)cc5)cc4)cc3S2)S1. The van der Waals surface area contributed by atoms with Gasteiger partial charge in [-0.3, -0.25) is 0 Å². The summed E-state index contributed by atoms with van der Waals surface area (Å²) < 4.78 is 22.3. The Labute approximate surface area is 551 Å². The lowest BCUT2D eigenvalue weighted by Crippen LogP contribution is -2.10. The molecule has 0 N–H and O–H groups in total. The molecule has 0 spiro atoms. The first-order valence-electron chi connectivity index (χ1n) is 30.9. The fourth-order valence-electron chi connectivity index (χ4n) is 10.0. The predicted octanol–water partition coefficient (Wildman–Crippen LogP) is 27.0. The second-order valence-corrected chi connectivity index (χ2v) is 36.2. The number of anilines is 3. The molecule has 4 aliphatic rings. The Hall–Kier alpha value is -1.02. The number of rotatable bonds is 38. The standard InChI is InChI=1S/C67H87N3OS12/c1-6-10-14-18-22-26-42-72-60-61(73-43-27-23-19-15-11-7-2)81-66(80-60)64-76-56-46-68(47-57(56)77-64)50-30-34-52(35-31-50)70(54-38-40-55(71-5)41-39-54)53-36-32-51(33-37-53)69-48-58-59(49-69)79-65(78-58)67-82-62(74-44-28-24-20-16-12-8-3)63(83-67)75-45-29-25-21-17-13-9-4/h30-41,46-49H,6-29,42-45H2,1-5H3. The maximum absolute atomic E-state index is 5.60. The smallest absolute Gasteiger partial charge is 0.119 e. The second kappa shape index (κ2) is 36.6. The quantitative estimate of drug-likeness (QED) is 0.0350. The Balaban J connectivity index is 0.829. The molecular formula is C67H87N3OS12. The molecule has 4 aliphatic heterocycles. The number of thioether (sulfide) groups is 12. The van der Waals surface area contributed by atoms with E-state index in [0.29, 0.717) is 0 Å². The summed E-state index contributed by atoms with van der Waals surface area (Å²) in [6.45, 7) is 9.23. The number of nitrogens with zero attached hydrogens (tertiary/aromatic N) is 3. The van der Waals surface area contributed by atoms with Gasteiger partial charge in [-0.05, 0) is 121 Å². The lowest BCUT2D eigenvalue weighted by molar-refractivity contribution is 0.415. The van der Waals surface area contributed by atoms with Crippen molar-refractivity contribution in [3.8, 4) is 17.1 Å². The first-order valence-corrected chi connectivity index (χ1v) is 41.4. The van der Waals surface area contributed by atoms with Crippen LogP contribution < -0.4 is 9.64 Å². The Kier molecular flexibility index (Phi) is 29.3. The van der Waals surface area contributed by atoms with Gasteiger partial charge in [0.15, 0.2) is 0 Å². The molecule has 0 radical (unpaired) electrons. The second-order valence-electron chi connectivity index (χ2n) is 21.4. The highest BCUT2D eigenvalue weighted by Crippen LogP contribution is 2.66. The summed E-state index contributed by atoms with van der Waals surface area (Å²) in [7, 11) is 1.73. The van der Waals surface area contributed by atoms with Gasteiger partial charge in [0, 0.05) is 72.8 Å². The van der Waals surface area contributed by atoms with Crippen LogP contribution >= 0.6 is 141 Å². The minimum atomic E-state index is 0.851. The summed E-state index contributed by atoms with van der Waals surface area (Å²) in [6, 6.07) is 26.6. The normalized spacial score (nSPS) is 15.0. The van der Waals surface area contributed by atoms with Crippen LogP contribution in [-0.4, -0.2) is 39.3 Å². The summed E-state index contributed by atoms with van der Waals surface area (Å²) in [5.41, 5.74) is 5.64. The van der Waals surface area contributed by atoms with Crippen molar-refractivity contribution in [1.29, 1.82) is 0 Å². The van der Waals surface area contributed by atoms with E-state index < -0.39 is 0 Å². The molecule has 0 bridgehead atoms. The van der Waals surface area contributed by atoms with Gasteiger partial charge in [-0.1, -0.05) is 250 Å². The van der Waals surface area contributed by atoms with Crippen LogP contribution in [0.15, 0.2) is 151 Å². The van der Waals surface area contributed by atoms with Crippen LogP contribution in [0.4, 0.5) is 17.1 Å². The Morgan fingerprint density at radius 2 is 0.578 bits per heavy atom. The van der Waals surface area contributed by atoms with Crippen LogP contribution in [0.3, 0.4) is 0 Å². The van der Waals surface area contributed by atoms with Gasteiger partial charge in [0.05, 0.1) is 41.0 Å². The average molecular weight is 1340 g/mol. The van der Waals surface area contributed by atoms with Crippen molar-refractivity contribution >= 4 is 158 Å². The van der Waals surface area contributed by atoms with Gasteiger partial charge in [0.2, 0.25) is 0 Å². The van der Waals surface area contributed by atoms with Crippen molar-refractivity contribution in [3.05, 3.63) is 131 Å². The molecule has 0 aliphatic carbocycles. The van der Waals surface area contributed by atoms with E-state index in [-0.39, 0.29) is 0 Å². The molecule has 2 aromatic heterocycles. The van der Waals surface area contributed by atoms with Crippen LogP contribution in [0.5, 0.6) is 5.75 Å². The summed E-state index contributed by atoms with van der Waals surface area (Å²) in [5, 5.41) is 0. The van der Waals surface area contributed by atoms with E-state index in [1.54, 1.807) is 24.1 Å². The first kappa shape index (κ1) is 66.4. The van der Waals surface area contributed by atoms with Crippen LogP contribution in [0, 0.1) is 0 Å². The largest absolute Gasteiger partial charge is 0.497 e. The first-order chi connectivity index (χ1) is 40.9. The maximum atomic E-state index is 5.60. The molecule has 0 atom stereocenters. The molecule has 0 unspecified atom stereocenters. The number of benzene rings is 3. The summed E-state index contributed by atoms with van der Waals surface area (Å²) in [5.74, 6) is 5.79. The molecule has 16 heteroatoms. The zero-order valence-electron chi connectivity index (χ0n) is 49.7. The topological polar surface area (TPSA) is 22.3 Å². The number of fused-ring (bicyclic) bond motifs is 2. The van der Waals surface area contributed by atoms with E-state index >= 15 is 0 Å². The van der Waals surface area contributed by atoms with E-state index in [9.17, 15) is 0 Å². The minimum Gasteiger partial charge on any atom is -0.497 e. The number of ether oxygens (including phenoxy) is 1. The lowest BCUT2D eigenvalue weighted by atomic mass is 10.1. The third-order valence-electron chi connectivity index (χ3n) is 14.8. The molecule has 9 rings (SSSR count). The van der Waals surface area contributed by atoms with Gasteiger partial charge in [-0.15, -0.1) is 47.0 Å². The van der Waals surface area contributed by atoms with Crippen molar-refractivity contribution in [3.63, 3.8) is 0 Å². The van der Waals surface area contributed by atoms with Crippen LogP contribution in [0.25, 0.3) is 11.4 Å². The fraction of sp³-hybridized carbons (Fsp3) is 0.493. The number of hydrogen-bond donors (Lipinski definition) is 0. The van der Waals surface area contributed by atoms with E-state index in [4.69, 9.17) is 4.74 Å². The average Bonchev–Trinajstić information content (AvgIpc) is 4.48. The van der Waals surface area contributed by atoms with E-state index in [1.807, 2.05) is 47.0 Å². The van der Waals surface area contributed by atoms with Crippen molar-refractivity contribution in [2.45, 2.75) is 201 Å². The zero-order valence-corrected chi connectivity index (χ0v) is 59.5. The highest BCUT2D eigenvalue weighted by molar-refractivity contribution is 8.43. The van der Waals surface area contributed by atoms with Crippen LogP contribution in [0.2, 0.25) is 0 Å². The molecule has 3 aromatic carbocycles. The molecule has 0 amide bonds. The van der Waals surface area contributed by atoms with Gasteiger partial charge in [-0.2, -0.15) is 0 Å². The monoisotopic (exact) mass is 1330 g/mol. The van der Waals surface area contributed by atoms with Gasteiger partial charge in [0.25, 0.3) is 0 Å². The number of hydrogen-bond acceptors (Lipinski definition) is 14. The highest BCUT2D eigenvalue weighted by Gasteiger charge is 2.32. The summed E-state index contributed by atoms with van der Waals surface area (Å²) in [6.07, 6.45) is 41.9. The van der Waals surface area contributed by atoms with E-state index in [1.165, 1.54) is 225 Å². The Morgan fingerprint density at radius 1 is 0.325 bits per heavy atom. The van der Waals surface area contributed by atoms with Gasteiger partial charge in [-0.25, -0.2) is 0 Å². The number of unbranched alkanes of at least 4 members (excludes halogenated alkanes) is 20. The van der Waals surface area contributed by atoms with Crippen LogP contribution in [0.1, 0.15) is 182 Å². The third-order valence-corrected chi connectivity index (χ3v) is 32.2. The highest BCUT2D eigenvalue weighted by atomic mass is 32.3. The maximum Gasteiger partial charge on any atom is 0.119 e. The van der Waals surface area contributed by atoms with E-state index in [0.717, 1.165) is 22.8 Å². The Bertz CT molecular complexity index is 2630. The lowest BCUT2D eigenvalue weighted by Gasteiger charge is -2.26. The van der Waals surface area contributed by atoms with Gasteiger partial charge >= 0.3 is 0 Å². The Morgan fingerprint density at radius 3 is 0.855 bits per heavy atom. The molecule has 6 heterocycles. The van der Waals surface area contributed by atoms with Crippen molar-refractivity contribution in [2.24, 2.45) is 0 Å². The summed E-state index contributed by atoms with van der Waals surface area (Å²) >= 11 is 24.5. The van der Waals surface area contributed by atoms with Crippen LogP contribution in [-0.2, 0) is 0 Å². The van der Waals surface area contributed by atoms with Crippen molar-refractivity contribution in [2.75, 3.05) is 35.0 Å². The van der Waals surface area contributed by atoms with Crippen molar-refractivity contribution in [1.82, 2.24) is 9.13 Å². The molecular weight excluding hydrogens is 1250 g/mol. The molecule has 0 saturated carbocycles. The van der Waals surface area contributed by atoms with Gasteiger partial charge < -0.3 is 18.8 Å². The molecule has 5 aromatic rings. The van der Waals surface area contributed by atoms with Crippen molar-refractivity contribution < 1.29 is 4.74 Å². The number of methoxy groups -OCH3 is 1. The minimum absolute atomic E-state index is 0.851. The molecule has 0 fully saturated rings. The predicted molar refractivity (Wildman–Crippen MR) is 392 cm³/mol. The zero-order chi connectivity index (χ0) is 57.4. The number of aromatic nitrogens is 2.